The Labute approximate surface area is 96.2 Å². The molecule has 0 radical (unpaired) electrons. The first-order valence-electron chi connectivity index (χ1n) is 5.91. The summed E-state index contributed by atoms with van der Waals surface area (Å²) < 4.78 is 1.68. The maximum Gasteiger partial charge on any atom is 0.272 e. The molecule has 1 atom stereocenters. The third-order valence-corrected chi connectivity index (χ3v) is 3.28. The van der Waals surface area contributed by atoms with Gasteiger partial charge in [0, 0.05) is 19.6 Å². The SMILES string of the molecule is Cc1cc(C(=O)N2CCCCC2C)n(C)n1. The molecule has 4 heteroatoms. The van der Waals surface area contributed by atoms with Crippen LogP contribution < -0.4 is 0 Å². The van der Waals surface area contributed by atoms with Gasteiger partial charge >= 0.3 is 0 Å². The Morgan fingerprint density at radius 3 is 2.81 bits per heavy atom. The summed E-state index contributed by atoms with van der Waals surface area (Å²) in [7, 11) is 1.83. The molecule has 1 aromatic rings. The summed E-state index contributed by atoms with van der Waals surface area (Å²) in [5, 5.41) is 4.22. The number of aromatic nitrogens is 2. The molecule has 88 valence electrons. The Morgan fingerprint density at radius 1 is 1.50 bits per heavy atom. The third kappa shape index (κ3) is 1.96. The number of hydrogen-bond acceptors (Lipinski definition) is 2. The molecule has 1 unspecified atom stereocenters. The van der Waals surface area contributed by atoms with Gasteiger partial charge in [0.05, 0.1) is 5.69 Å². The lowest BCUT2D eigenvalue weighted by Gasteiger charge is -2.33. The highest BCUT2D eigenvalue weighted by molar-refractivity contribution is 5.93. The van der Waals surface area contributed by atoms with Gasteiger partial charge in [0.2, 0.25) is 0 Å². The van der Waals surface area contributed by atoms with Crippen LogP contribution in [0.3, 0.4) is 0 Å². The Balaban J connectivity index is 2.21. The van der Waals surface area contributed by atoms with E-state index >= 15 is 0 Å². The zero-order valence-electron chi connectivity index (χ0n) is 10.2. The molecule has 0 aliphatic carbocycles. The molecule has 0 N–H and O–H groups in total. The van der Waals surface area contributed by atoms with Crippen molar-refractivity contribution in [2.45, 2.75) is 39.2 Å². The lowest BCUT2D eigenvalue weighted by atomic mass is 10.0. The standard InChI is InChI=1S/C12H19N3O/c1-9-8-11(14(3)13-9)12(16)15-7-5-4-6-10(15)2/h8,10H,4-7H2,1-3H3. The molecule has 0 aromatic carbocycles. The summed E-state index contributed by atoms with van der Waals surface area (Å²) in [6.07, 6.45) is 3.46. The minimum absolute atomic E-state index is 0.121. The summed E-state index contributed by atoms with van der Waals surface area (Å²) in [4.78, 5) is 14.3. The summed E-state index contributed by atoms with van der Waals surface area (Å²) in [6.45, 7) is 4.92. The maximum atomic E-state index is 12.3. The molecular formula is C12H19N3O. The van der Waals surface area contributed by atoms with Crippen molar-refractivity contribution in [3.8, 4) is 0 Å². The first-order chi connectivity index (χ1) is 7.59. The maximum absolute atomic E-state index is 12.3. The first kappa shape index (κ1) is 11.2. The average molecular weight is 221 g/mol. The number of carbonyl (C=O) groups excluding carboxylic acids is 1. The van der Waals surface area contributed by atoms with E-state index < -0.39 is 0 Å². The van der Waals surface area contributed by atoms with Crippen molar-refractivity contribution < 1.29 is 4.79 Å². The van der Waals surface area contributed by atoms with Crippen LogP contribution in [-0.2, 0) is 7.05 Å². The second kappa shape index (κ2) is 4.28. The minimum Gasteiger partial charge on any atom is -0.335 e. The Kier molecular flexibility index (Phi) is 2.99. The van der Waals surface area contributed by atoms with Crippen LogP contribution in [0.15, 0.2) is 6.07 Å². The zero-order chi connectivity index (χ0) is 11.7. The van der Waals surface area contributed by atoms with Crippen LogP contribution in [0.25, 0.3) is 0 Å². The van der Waals surface area contributed by atoms with E-state index in [4.69, 9.17) is 0 Å². The molecule has 1 amide bonds. The second-order valence-electron chi connectivity index (χ2n) is 4.64. The molecule has 1 aromatic heterocycles. The Morgan fingerprint density at radius 2 is 2.25 bits per heavy atom. The van der Waals surface area contributed by atoms with Crippen molar-refractivity contribution in [2.24, 2.45) is 7.05 Å². The van der Waals surface area contributed by atoms with Gasteiger partial charge in [-0.1, -0.05) is 0 Å². The number of piperidine rings is 1. The number of carbonyl (C=O) groups is 1. The van der Waals surface area contributed by atoms with Gasteiger partial charge < -0.3 is 4.90 Å². The van der Waals surface area contributed by atoms with Crippen molar-refractivity contribution in [1.82, 2.24) is 14.7 Å². The predicted octanol–water partition coefficient (Wildman–Crippen LogP) is 1.74. The van der Waals surface area contributed by atoms with Crippen LogP contribution in [0.4, 0.5) is 0 Å². The fourth-order valence-corrected chi connectivity index (χ4v) is 2.36. The van der Waals surface area contributed by atoms with Crippen molar-refractivity contribution in [2.75, 3.05) is 6.54 Å². The summed E-state index contributed by atoms with van der Waals surface area (Å²) >= 11 is 0. The number of amides is 1. The topological polar surface area (TPSA) is 38.1 Å². The molecular weight excluding hydrogens is 202 g/mol. The summed E-state index contributed by atoms with van der Waals surface area (Å²) in [6, 6.07) is 2.22. The van der Waals surface area contributed by atoms with Crippen LogP contribution in [0, 0.1) is 6.92 Å². The van der Waals surface area contributed by atoms with E-state index in [2.05, 4.69) is 12.0 Å². The highest BCUT2D eigenvalue weighted by atomic mass is 16.2. The Hall–Kier alpha value is -1.32. The van der Waals surface area contributed by atoms with Crippen LogP contribution in [0.1, 0.15) is 42.4 Å². The molecule has 0 bridgehead atoms. The molecule has 1 aliphatic heterocycles. The van der Waals surface area contributed by atoms with Crippen molar-refractivity contribution in [3.05, 3.63) is 17.5 Å². The number of likely N-dealkylation sites (tertiary alicyclic amines) is 1. The normalized spacial score (nSPS) is 21.2. The quantitative estimate of drug-likeness (QED) is 0.724. The minimum atomic E-state index is 0.121. The number of hydrogen-bond donors (Lipinski definition) is 0. The molecule has 0 spiro atoms. The van der Waals surface area contributed by atoms with E-state index in [1.807, 2.05) is 24.9 Å². The van der Waals surface area contributed by atoms with Gasteiger partial charge in [-0.2, -0.15) is 5.10 Å². The van der Waals surface area contributed by atoms with Gasteiger partial charge in [0.1, 0.15) is 5.69 Å². The highest BCUT2D eigenvalue weighted by Crippen LogP contribution is 2.19. The summed E-state index contributed by atoms with van der Waals surface area (Å²) in [5.41, 5.74) is 1.60. The molecule has 1 aliphatic rings. The first-order valence-corrected chi connectivity index (χ1v) is 5.91. The van der Waals surface area contributed by atoms with Crippen molar-refractivity contribution in [3.63, 3.8) is 0 Å². The molecule has 2 rings (SSSR count). The number of rotatable bonds is 1. The highest BCUT2D eigenvalue weighted by Gasteiger charge is 2.26. The molecule has 0 saturated carbocycles. The fraction of sp³-hybridized carbons (Fsp3) is 0.667. The van der Waals surface area contributed by atoms with Crippen molar-refractivity contribution in [1.29, 1.82) is 0 Å². The smallest absolute Gasteiger partial charge is 0.272 e. The van der Waals surface area contributed by atoms with E-state index in [1.54, 1.807) is 4.68 Å². The van der Waals surface area contributed by atoms with E-state index in [1.165, 1.54) is 6.42 Å². The largest absolute Gasteiger partial charge is 0.335 e. The second-order valence-corrected chi connectivity index (χ2v) is 4.64. The van der Waals surface area contributed by atoms with Crippen molar-refractivity contribution >= 4 is 5.91 Å². The van der Waals surface area contributed by atoms with Crippen LogP contribution >= 0.6 is 0 Å². The van der Waals surface area contributed by atoms with E-state index in [-0.39, 0.29) is 5.91 Å². The fourth-order valence-electron chi connectivity index (χ4n) is 2.36. The number of nitrogens with zero attached hydrogens (tertiary/aromatic N) is 3. The van der Waals surface area contributed by atoms with Crippen LogP contribution in [0.2, 0.25) is 0 Å². The van der Waals surface area contributed by atoms with Crippen LogP contribution in [-0.4, -0.2) is 33.2 Å². The zero-order valence-corrected chi connectivity index (χ0v) is 10.2. The summed E-state index contributed by atoms with van der Waals surface area (Å²) in [5.74, 6) is 0.121. The van der Waals surface area contributed by atoms with Crippen LogP contribution in [0.5, 0.6) is 0 Å². The molecule has 2 heterocycles. The molecule has 1 fully saturated rings. The van der Waals surface area contributed by atoms with Gasteiger partial charge in [-0.25, -0.2) is 0 Å². The van der Waals surface area contributed by atoms with E-state index in [9.17, 15) is 4.79 Å². The lowest BCUT2D eigenvalue weighted by Crippen LogP contribution is -2.42. The van der Waals surface area contributed by atoms with Gasteiger partial charge in [-0.15, -0.1) is 0 Å². The lowest BCUT2D eigenvalue weighted by molar-refractivity contribution is 0.0624. The van der Waals surface area contributed by atoms with Gasteiger partial charge in [-0.3, -0.25) is 9.48 Å². The molecule has 4 nitrogen and oxygen atoms in total. The Bertz CT molecular complexity index is 397. The monoisotopic (exact) mass is 221 g/mol. The molecule has 1 saturated heterocycles. The van der Waals surface area contributed by atoms with Gasteiger partial charge in [0.25, 0.3) is 5.91 Å². The average Bonchev–Trinajstić information content (AvgIpc) is 2.58. The predicted molar refractivity (Wildman–Crippen MR) is 62.3 cm³/mol. The molecule has 16 heavy (non-hydrogen) atoms. The van der Waals surface area contributed by atoms with E-state index in [0.717, 1.165) is 25.1 Å². The van der Waals surface area contributed by atoms with Gasteiger partial charge in [0.15, 0.2) is 0 Å². The third-order valence-electron chi connectivity index (χ3n) is 3.28. The number of aryl methyl sites for hydroxylation is 2. The van der Waals surface area contributed by atoms with E-state index in [0.29, 0.717) is 11.7 Å². The van der Waals surface area contributed by atoms with Gasteiger partial charge in [-0.05, 0) is 39.2 Å².